The number of allylic oxidation sites excluding steroid dienone is 2. The van der Waals surface area contributed by atoms with Crippen molar-refractivity contribution in [3.05, 3.63) is 12.2 Å². The van der Waals surface area contributed by atoms with Crippen LogP contribution in [0.5, 0.6) is 0 Å². The van der Waals surface area contributed by atoms with E-state index in [0.717, 1.165) is 44.9 Å². The largest absolute Gasteiger partial charge is 0.756 e. The second-order valence-corrected chi connectivity index (χ2v) is 14.6. The van der Waals surface area contributed by atoms with Crippen molar-refractivity contribution in [1.82, 2.24) is 0 Å². The normalized spacial score (nSPS) is 14.2. The molecule has 0 aromatic rings. The first-order valence-electron chi connectivity index (χ1n) is 17.9. The van der Waals surface area contributed by atoms with Crippen LogP contribution in [0.2, 0.25) is 0 Å². The third-order valence-corrected chi connectivity index (χ3v) is 8.53. The van der Waals surface area contributed by atoms with Gasteiger partial charge in [-0.25, -0.2) is 0 Å². The van der Waals surface area contributed by atoms with Crippen molar-refractivity contribution >= 4 is 13.8 Å². The zero-order chi connectivity index (χ0) is 32.8. The molecule has 0 aliphatic rings. The molecule has 9 heteroatoms. The quantitative estimate of drug-likeness (QED) is 0.0231. The molecule has 44 heavy (non-hydrogen) atoms. The summed E-state index contributed by atoms with van der Waals surface area (Å²) in [6.45, 7) is 5.36. The van der Waals surface area contributed by atoms with Crippen LogP contribution in [0.1, 0.15) is 149 Å². The molecule has 262 valence electrons. The first-order chi connectivity index (χ1) is 21.1. The minimum atomic E-state index is -4.51. The minimum absolute atomic E-state index is 0.0270. The molecule has 0 heterocycles. The number of unbranched alkanes of at least 4 members (excludes halogenated alkanes) is 17. The average molecular weight is 648 g/mol. The highest BCUT2D eigenvalue weighted by atomic mass is 31.2. The summed E-state index contributed by atoms with van der Waals surface area (Å²) in [4.78, 5) is 24.8. The lowest BCUT2D eigenvalue weighted by molar-refractivity contribution is -0.870. The summed E-state index contributed by atoms with van der Waals surface area (Å²) in [5.74, 6) is -0.345. The van der Waals surface area contributed by atoms with Gasteiger partial charge < -0.3 is 27.9 Å². The molecule has 0 aliphatic heterocycles. The van der Waals surface area contributed by atoms with E-state index in [4.69, 9.17) is 18.5 Å². The summed E-state index contributed by atoms with van der Waals surface area (Å²) < 4.78 is 34.3. The molecule has 0 radical (unpaired) electrons. The van der Waals surface area contributed by atoms with Gasteiger partial charge in [-0.1, -0.05) is 116 Å². The zero-order valence-corrected chi connectivity index (χ0v) is 30.3. The highest BCUT2D eigenvalue weighted by Gasteiger charge is 2.20. The first-order valence-corrected chi connectivity index (χ1v) is 19.4. The highest BCUT2D eigenvalue weighted by molar-refractivity contribution is 7.45. The van der Waals surface area contributed by atoms with Crippen molar-refractivity contribution in [2.75, 3.05) is 54.1 Å². The Labute approximate surface area is 271 Å². The molecule has 0 aliphatic carbocycles. The Kier molecular flexibility index (Phi) is 29.1. The molecule has 2 unspecified atom stereocenters. The van der Waals surface area contributed by atoms with Gasteiger partial charge in [-0.2, -0.15) is 0 Å². The lowest BCUT2D eigenvalue weighted by Crippen LogP contribution is -2.37. The van der Waals surface area contributed by atoms with Crippen LogP contribution in [0, 0.1) is 0 Å². The van der Waals surface area contributed by atoms with E-state index in [0.29, 0.717) is 24.1 Å². The smallest absolute Gasteiger partial charge is 0.306 e. The molecule has 8 nitrogen and oxygen atoms in total. The van der Waals surface area contributed by atoms with Crippen molar-refractivity contribution < 1.29 is 37.3 Å². The third-order valence-electron chi connectivity index (χ3n) is 7.57. The number of ether oxygens (including phenoxy) is 2. The first kappa shape index (κ1) is 43.2. The summed E-state index contributed by atoms with van der Waals surface area (Å²) in [6, 6.07) is 0. The number of phosphoric acid groups is 1. The maximum atomic E-state index is 12.5. The van der Waals surface area contributed by atoms with E-state index in [1.54, 1.807) is 0 Å². The van der Waals surface area contributed by atoms with Gasteiger partial charge in [-0.3, -0.25) is 9.36 Å². The summed E-state index contributed by atoms with van der Waals surface area (Å²) in [5.41, 5.74) is 0. The number of likely N-dealkylation sites (N-methyl/N-ethyl adjacent to an activating group) is 1. The molecule has 0 saturated carbocycles. The van der Waals surface area contributed by atoms with Crippen LogP contribution in [-0.2, 0) is 27.9 Å². The SMILES string of the molecule is CCCCC/C=C\CCCCCCCC(=O)OC(COCCCCCCCCCCCC)COP(=O)([O-])OCC[N+](C)(C)C. The van der Waals surface area contributed by atoms with Crippen LogP contribution in [0.4, 0.5) is 0 Å². The van der Waals surface area contributed by atoms with Gasteiger partial charge in [0.1, 0.15) is 19.3 Å². The van der Waals surface area contributed by atoms with Gasteiger partial charge >= 0.3 is 5.97 Å². The standard InChI is InChI=1S/C35H70NO7P/c1-6-8-10-12-14-16-18-19-20-22-24-26-28-35(37)43-34(33-42-44(38,39)41-31-29-36(3,4)5)32-40-30-27-25-23-21-17-15-13-11-9-7-2/h14,16,34H,6-13,15,17-33H2,1-5H3/b16-14-. The van der Waals surface area contributed by atoms with Gasteiger partial charge in [0, 0.05) is 13.0 Å². The van der Waals surface area contributed by atoms with E-state index < -0.39 is 13.9 Å². The van der Waals surface area contributed by atoms with Gasteiger partial charge in [0.15, 0.2) is 0 Å². The van der Waals surface area contributed by atoms with Crippen molar-refractivity contribution in [2.24, 2.45) is 0 Å². The fourth-order valence-corrected chi connectivity index (χ4v) is 5.44. The maximum absolute atomic E-state index is 12.5. The molecule has 0 bridgehead atoms. The van der Waals surface area contributed by atoms with E-state index in [1.165, 1.54) is 83.5 Å². The number of hydrogen-bond acceptors (Lipinski definition) is 7. The highest BCUT2D eigenvalue weighted by Crippen LogP contribution is 2.38. The molecule has 0 fully saturated rings. The minimum Gasteiger partial charge on any atom is -0.756 e. The zero-order valence-electron chi connectivity index (χ0n) is 29.4. The second kappa shape index (κ2) is 29.6. The van der Waals surface area contributed by atoms with Gasteiger partial charge in [0.25, 0.3) is 7.82 Å². The van der Waals surface area contributed by atoms with E-state index in [9.17, 15) is 14.3 Å². The van der Waals surface area contributed by atoms with E-state index >= 15 is 0 Å². The summed E-state index contributed by atoms with van der Waals surface area (Å²) in [7, 11) is 1.35. The van der Waals surface area contributed by atoms with Gasteiger partial charge in [-0.05, 0) is 38.5 Å². The van der Waals surface area contributed by atoms with Crippen molar-refractivity contribution in [3.8, 4) is 0 Å². The number of nitrogens with zero attached hydrogens (tertiary/aromatic N) is 1. The molecular formula is C35H70NO7P. The number of carbonyl (C=O) groups is 1. The second-order valence-electron chi connectivity index (χ2n) is 13.2. The Morgan fingerprint density at radius 3 is 1.77 bits per heavy atom. The van der Waals surface area contributed by atoms with Crippen LogP contribution in [0.15, 0.2) is 12.2 Å². The van der Waals surface area contributed by atoms with Crippen LogP contribution in [-0.4, -0.2) is 70.7 Å². The Balaban J connectivity index is 4.34. The van der Waals surface area contributed by atoms with Crippen molar-refractivity contribution in [1.29, 1.82) is 0 Å². The molecule has 0 aromatic carbocycles. The molecular weight excluding hydrogens is 577 g/mol. The lowest BCUT2D eigenvalue weighted by atomic mass is 10.1. The summed E-state index contributed by atoms with van der Waals surface area (Å²) in [5, 5.41) is 0. The van der Waals surface area contributed by atoms with Crippen LogP contribution < -0.4 is 4.89 Å². The molecule has 0 saturated heterocycles. The van der Waals surface area contributed by atoms with E-state index in [2.05, 4.69) is 26.0 Å². The number of hydrogen-bond donors (Lipinski definition) is 0. The van der Waals surface area contributed by atoms with E-state index in [1.807, 2.05) is 21.1 Å². The number of rotatable bonds is 33. The van der Waals surface area contributed by atoms with Crippen molar-refractivity contribution in [3.63, 3.8) is 0 Å². The fraction of sp³-hybridized carbons (Fsp3) is 0.914. The Hall–Kier alpha value is -0.760. The molecule has 0 aromatic heterocycles. The predicted octanol–water partition coefficient (Wildman–Crippen LogP) is 8.91. The Bertz CT molecular complexity index is 726. The average Bonchev–Trinajstić information content (AvgIpc) is 2.96. The van der Waals surface area contributed by atoms with E-state index in [-0.39, 0.29) is 25.8 Å². The number of quaternary nitrogens is 1. The van der Waals surface area contributed by atoms with Crippen LogP contribution >= 0.6 is 7.82 Å². The fourth-order valence-electron chi connectivity index (χ4n) is 4.72. The monoisotopic (exact) mass is 647 g/mol. The predicted molar refractivity (Wildman–Crippen MR) is 181 cm³/mol. The van der Waals surface area contributed by atoms with Gasteiger partial charge in [0.2, 0.25) is 0 Å². The van der Waals surface area contributed by atoms with Crippen LogP contribution in [0.3, 0.4) is 0 Å². The molecule has 0 N–H and O–H groups in total. The Morgan fingerprint density at radius 2 is 1.18 bits per heavy atom. The number of esters is 1. The molecule has 0 amide bonds. The number of phosphoric ester groups is 1. The summed E-state index contributed by atoms with van der Waals surface area (Å²) in [6.07, 6.45) is 27.8. The van der Waals surface area contributed by atoms with Crippen LogP contribution in [0.25, 0.3) is 0 Å². The number of carbonyl (C=O) groups excluding carboxylic acids is 1. The maximum Gasteiger partial charge on any atom is 0.306 e. The third kappa shape index (κ3) is 32.6. The van der Waals surface area contributed by atoms with Gasteiger partial charge in [0.05, 0.1) is 34.4 Å². The summed E-state index contributed by atoms with van der Waals surface area (Å²) >= 11 is 0. The topological polar surface area (TPSA) is 94.1 Å². The molecule has 0 rings (SSSR count). The van der Waals surface area contributed by atoms with Crippen molar-refractivity contribution in [2.45, 2.75) is 155 Å². The molecule has 0 spiro atoms. The van der Waals surface area contributed by atoms with Gasteiger partial charge in [-0.15, -0.1) is 0 Å². The molecule has 2 atom stereocenters. The Morgan fingerprint density at radius 1 is 0.682 bits per heavy atom. The lowest BCUT2D eigenvalue weighted by Gasteiger charge is -2.28.